The van der Waals surface area contributed by atoms with E-state index in [1.807, 2.05) is 6.07 Å². The van der Waals surface area contributed by atoms with Crippen molar-refractivity contribution in [1.82, 2.24) is 20.2 Å². The minimum absolute atomic E-state index is 0.465. The molecule has 5 nitrogen and oxygen atoms in total. The van der Waals surface area contributed by atoms with Gasteiger partial charge in [-0.3, -0.25) is 0 Å². The van der Waals surface area contributed by atoms with Crippen molar-refractivity contribution in [1.29, 1.82) is 0 Å². The molecule has 1 heterocycles. The third-order valence-electron chi connectivity index (χ3n) is 2.89. The Bertz CT molecular complexity index is 798. The summed E-state index contributed by atoms with van der Waals surface area (Å²) < 4.78 is 2.30. The van der Waals surface area contributed by atoms with E-state index in [2.05, 4.69) is 31.5 Å². The molecule has 0 amide bonds. The molecule has 0 aliphatic carbocycles. The van der Waals surface area contributed by atoms with Crippen LogP contribution in [0.5, 0.6) is 0 Å². The van der Waals surface area contributed by atoms with Crippen molar-refractivity contribution in [2.24, 2.45) is 0 Å². The number of tetrazole rings is 1. The predicted octanol–water partition coefficient (Wildman–Crippen LogP) is 3.98. The quantitative estimate of drug-likeness (QED) is 0.678. The van der Waals surface area contributed by atoms with E-state index in [4.69, 9.17) is 28.9 Å². The van der Waals surface area contributed by atoms with E-state index in [1.165, 1.54) is 0 Å². The molecule has 0 atom stereocenters. The highest BCUT2D eigenvalue weighted by atomic mass is 79.9. The smallest absolute Gasteiger partial charge is 0.190 e. The van der Waals surface area contributed by atoms with Crippen LogP contribution in [0.25, 0.3) is 17.1 Å². The summed E-state index contributed by atoms with van der Waals surface area (Å²) in [4.78, 5) is 0. The molecule has 0 aliphatic rings. The average Bonchev–Trinajstić information content (AvgIpc) is 2.91. The number of rotatable bonds is 2. The SMILES string of the molecule is Nc1cccc(Cl)c1-c1nnnn1-c1ccc(Cl)c(Br)c1. The van der Waals surface area contributed by atoms with Crippen molar-refractivity contribution in [2.45, 2.75) is 0 Å². The van der Waals surface area contributed by atoms with Crippen molar-refractivity contribution in [2.75, 3.05) is 5.73 Å². The van der Waals surface area contributed by atoms with E-state index < -0.39 is 0 Å². The Morgan fingerprint density at radius 3 is 2.62 bits per heavy atom. The van der Waals surface area contributed by atoms with Gasteiger partial charge in [-0.25, -0.2) is 0 Å². The van der Waals surface area contributed by atoms with Gasteiger partial charge in [-0.05, 0) is 56.7 Å². The zero-order valence-corrected chi connectivity index (χ0v) is 13.6. The van der Waals surface area contributed by atoms with Gasteiger partial charge in [-0.2, -0.15) is 4.68 Å². The number of aromatic nitrogens is 4. The second-order valence-corrected chi connectivity index (χ2v) is 5.89. The van der Waals surface area contributed by atoms with Crippen molar-refractivity contribution < 1.29 is 0 Å². The van der Waals surface area contributed by atoms with Gasteiger partial charge in [-0.15, -0.1) is 5.10 Å². The van der Waals surface area contributed by atoms with E-state index in [0.29, 0.717) is 27.1 Å². The summed E-state index contributed by atoms with van der Waals surface area (Å²) in [6.45, 7) is 0. The molecule has 3 rings (SSSR count). The number of hydrogen-bond acceptors (Lipinski definition) is 4. The summed E-state index contributed by atoms with van der Waals surface area (Å²) in [6.07, 6.45) is 0. The predicted molar refractivity (Wildman–Crippen MR) is 86.7 cm³/mol. The van der Waals surface area contributed by atoms with Gasteiger partial charge in [0.05, 0.1) is 21.3 Å². The maximum atomic E-state index is 6.22. The normalized spacial score (nSPS) is 10.8. The molecule has 106 valence electrons. The van der Waals surface area contributed by atoms with Crippen LogP contribution >= 0.6 is 39.1 Å². The lowest BCUT2D eigenvalue weighted by molar-refractivity contribution is 0.791. The van der Waals surface area contributed by atoms with Crippen LogP contribution in [0.4, 0.5) is 5.69 Å². The molecule has 0 aliphatic heterocycles. The Hall–Kier alpha value is -1.63. The molecule has 0 radical (unpaired) electrons. The molecular weight excluding hydrogens is 377 g/mol. The minimum Gasteiger partial charge on any atom is -0.398 e. The molecule has 3 aromatic rings. The largest absolute Gasteiger partial charge is 0.398 e. The van der Waals surface area contributed by atoms with Crippen molar-refractivity contribution in [3.8, 4) is 17.1 Å². The summed E-state index contributed by atoms with van der Waals surface area (Å²) in [6, 6.07) is 10.6. The van der Waals surface area contributed by atoms with Crippen LogP contribution < -0.4 is 5.73 Å². The van der Waals surface area contributed by atoms with Gasteiger partial charge in [0.2, 0.25) is 0 Å². The first-order chi connectivity index (χ1) is 10.1. The molecule has 21 heavy (non-hydrogen) atoms. The van der Waals surface area contributed by atoms with Gasteiger partial charge in [-0.1, -0.05) is 29.3 Å². The van der Waals surface area contributed by atoms with Gasteiger partial charge in [0.15, 0.2) is 5.82 Å². The van der Waals surface area contributed by atoms with E-state index in [9.17, 15) is 0 Å². The number of nitrogens with zero attached hydrogens (tertiary/aromatic N) is 4. The van der Waals surface area contributed by atoms with Gasteiger partial charge in [0, 0.05) is 10.2 Å². The second-order valence-electron chi connectivity index (χ2n) is 4.22. The molecule has 0 bridgehead atoms. The molecule has 2 N–H and O–H groups in total. The molecule has 0 saturated carbocycles. The molecule has 0 spiro atoms. The molecule has 2 aromatic carbocycles. The first kappa shape index (κ1) is 14.3. The van der Waals surface area contributed by atoms with Crippen LogP contribution in [0.3, 0.4) is 0 Å². The fraction of sp³-hybridized carbons (Fsp3) is 0. The summed E-state index contributed by atoms with van der Waals surface area (Å²) >= 11 is 15.6. The monoisotopic (exact) mass is 383 g/mol. The Balaban J connectivity index is 2.20. The number of benzene rings is 2. The maximum Gasteiger partial charge on any atom is 0.190 e. The van der Waals surface area contributed by atoms with Crippen LogP contribution in [0.15, 0.2) is 40.9 Å². The highest BCUT2D eigenvalue weighted by Gasteiger charge is 2.17. The van der Waals surface area contributed by atoms with Crippen LogP contribution in [0.2, 0.25) is 10.0 Å². The van der Waals surface area contributed by atoms with Gasteiger partial charge < -0.3 is 5.73 Å². The lowest BCUT2D eigenvalue weighted by Crippen LogP contribution is -2.02. The Morgan fingerprint density at radius 1 is 1.10 bits per heavy atom. The number of hydrogen-bond donors (Lipinski definition) is 1. The standard InChI is InChI=1S/C13H8BrCl2N5/c14-8-6-7(4-5-9(8)15)21-13(18-19-20-21)12-10(16)2-1-3-11(12)17/h1-6H,17H2. The highest BCUT2D eigenvalue weighted by molar-refractivity contribution is 9.10. The Kier molecular flexibility index (Phi) is 3.84. The van der Waals surface area contributed by atoms with E-state index in [1.54, 1.807) is 35.0 Å². The highest BCUT2D eigenvalue weighted by Crippen LogP contribution is 2.33. The summed E-state index contributed by atoms with van der Waals surface area (Å²) in [7, 11) is 0. The van der Waals surface area contributed by atoms with Gasteiger partial charge in [0.25, 0.3) is 0 Å². The van der Waals surface area contributed by atoms with Gasteiger partial charge >= 0.3 is 0 Å². The van der Waals surface area contributed by atoms with Crippen LogP contribution in [0, 0.1) is 0 Å². The Morgan fingerprint density at radius 2 is 1.90 bits per heavy atom. The lowest BCUT2D eigenvalue weighted by atomic mass is 10.1. The van der Waals surface area contributed by atoms with Crippen LogP contribution in [-0.2, 0) is 0 Å². The zero-order chi connectivity index (χ0) is 15.0. The minimum atomic E-state index is 0.465. The molecule has 0 saturated heterocycles. The third kappa shape index (κ3) is 2.62. The van der Waals surface area contributed by atoms with Crippen molar-refractivity contribution in [3.63, 3.8) is 0 Å². The van der Waals surface area contributed by atoms with Crippen molar-refractivity contribution >= 4 is 44.8 Å². The number of nitrogen functional groups attached to an aromatic ring is 1. The first-order valence-electron chi connectivity index (χ1n) is 5.86. The molecule has 0 unspecified atom stereocenters. The number of nitrogens with two attached hydrogens (primary N) is 1. The number of anilines is 1. The van der Waals surface area contributed by atoms with Crippen LogP contribution in [0.1, 0.15) is 0 Å². The maximum absolute atomic E-state index is 6.22. The molecule has 1 aromatic heterocycles. The molecular formula is C13H8BrCl2N5. The average molecular weight is 385 g/mol. The fourth-order valence-electron chi connectivity index (χ4n) is 1.91. The van der Waals surface area contributed by atoms with Crippen molar-refractivity contribution in [3.05, 3.63) is 50.9 Å². The lowest BCUT2D eigenvalue weighted by Gasteiger charge is -2.09. The zero-order valence-electron chi connectivity index (χ0n) is 10.5. The van der Waals surface area contributed by atoms with Gasteiger partial charge in [0.1, 0.15) is 0 Å². The van der Waals surface area contributed by atoms with Crippen LogP contribution in [-0.4, -0.2) is 20.2 Å². The number of halogens is 3. The second kappa shape index (κ2) is 5.63. The molecule has 8 heteroatoms. The molecule has 0 fully saturated rings. The topological polar surface area (TPSA) is 69.6 Å². The summed E-state index contributed by atoms with van der Waals surface area (Å²) in [5.41, 5.74) is 7.83. The third-order valence-corrected chi connectivity index (χ3v) is 4.42. The van der Waals surface area contributed by atoms with E-state index in [-0.39, 0.29) is 0 Å². The first-order valence-corrected chi connectivity index (χ1v) is 7.41. The summed E-state index contributed by atoms with van der Waals surface area (Å²) in [5, 5.41) is 12.8. The Labute approximate surface area is 138 Å². The van der Waals surface area contributed by atoms with E-state index >= 15 is 0 Å². The fourth-order valence-corrected chi connectivity index (χ4v) is 2.66. The van der Waals surface area contributed by atoms with E-state index in [0.717, 1.165) is 10.2 Å². The summed E-state index contributed by atoms with van der Waals surface area (Å²) in [5.74, 6) is 0.465.